The molecule has 0 bridgehead atoms. The number of sulfonamides is 1. The second-order valence-electron chi connectivity index (χ2n) is 7.22. The van der Waals surface area contributed by atoms with Crippen molar-refractivity contribution in [3.63, 3.8) is 0 Å². The summed E-state index contributed by atoms with van der Waals surface area (Å²) in [6, 6.07) is 10.1. The van der Waals surface area contributed by atoms with E-state index in [1.807, 2.05) is 32.0 Å². The summed E-state index contributed by atoms with van der Waals surface area (Å²) in [5, 5.41) is 2.91. The van der Waals surface area contributed by atoms with E-state index in [9.17, 15) is 17.6 Å². The Morgan fingerprint density at radius 2 is 1.86 bits per heavy atom. The summed E-state index contributed by atoms with van der Waals surface area (Å²) in [7, 11) is -3.77. The third kappa shape index (κ3) is 4.42. The summed E-state index contributed by atoms with van der Waals surface area (Å²) in [6.07, 6.45) is 2.33. The van der Waals surface area contributed by atoms with E-state index in [0.29, 0.717) is 13.0 Å². The number of carbonyl (C=O) groups is 1. The van der Waals surface area contributed by atoms with E-state index in [4.69, 9.17) is 0 Å². The van der Waals surface area contributed by atoms with Gasteiger partial charge in [0.1, 0.15) is 5.82 Å². The number of hydrogen-bond donors (Lipinski definition) is 1. The van der Waals surface area contributed by atoms with Crippen LogP contribution in [0.25, 0.3) is 0 Å². The zero-order valence-corrected chi connectivity index (χ0v) is 16.9. The van der Waals surface area contributed by atoms with Crippen LogP contribution in [0.15, 0.2) is 47.4 Å². The van der Waals surface area contributed by atoms with E-state index in [0.717, 1.165) is 41.8 Å². The summed E-state index contributed by atoms with van der Waals surface area (Å²) in [5.74, 6) is -0.693. The molecule has 5 nitrogen and oxygen atoms in total. The predicted octanol–water partition coefficient (Wildman–Crippen LogP) is 4.01. The van der Waals surface area contributed by atoms with E-state index >= 15 is 0 Å². The molecule has 0 radical (unpaired) electrons. The lowest BCUT2D eigenvalue weighted by Gasteiger charge is -2.34. The van der Waals surface area contributed by atoms with Crippen LogP contribution in [0.2, 0.25) is 0 Å². The lowest BCUT2D eigenvalue weighted by Crippen LogP contribution is -2.45. The van der Waals surface area contributed by atoms with Gasteiger partial charge in [-0.05, 0) is 68.1 Å². The number of halogens is 1. The zero-order chi connectivity index (χ0) is 20.3. The molecule has 1 saturated heterocycles. The number of hydrogen-bond acceptors (Lipinski definition) is 3. The lowest BCUT2D eigenvalue weighted by atomic mass is 10.0. The first kappa shape index (κ1) is 20.5. The van der Waals surface area contributed by atoms with Gasteiger partial charge in [0.15, 0.2) is 0 Å². The zero-order valence-electron chi connectivity index (χ0n) is 16.1. The monoisotopic (exact) mass is 404 g/mol. The Bertz CT molecular complexity index is 958. The minimum Gasteiger partial charge on any atom is -0.326 e. The van der Waals surface area contributed by atoms with Gasteiger partial charge in [0.2, 0.25) is 15.9 Å². The molecular weight excluding hydrogens is 379 g/mol. The van der Waals surface area contributed by atoms with Gasteiger partial charge in [0.05, 0.1) is 4.90 Å². The fourth-order valence-electron chi connectivity index (χ4n) is 3.54. The van der Waals surface area contributed by atoms with Gasteiger partial charge in [0.25, 0.3) is 0 Å². The van der Waals surface area contributed by atoms with Crippen LogP contribution in [0.1, 0.15) is 36.8 Å². The van der Waals surface area contributed by atoms with Gasteiger partial charge in [-0.25, -0.2) is 12.8 Å². The van der Waals surface area contributed by atoms with Gasteiger partial charge >= 0.3 is 0 Å². The minimum atomic E-state index is -3.77. The van der Waals surface area contributed by atoms with Gasteiger partial charge in [-0.2, -0.15) is 4.31 Å². The third-order valence-electron chi connectivity index (χ3n) is 5.29. The molecule has 3 rings (SSSR count). The van der Waals surface area contributed by atoms with E-state index < -0.39 is 21.9 Å². The van der Waals surface area contributed by atoms with Gasteiger partial charge in [0, 0.05) is 24.7 Å². The summed E-state index contributed by atoms with van der Waals surface area (Å²) < 4.78 is 40.6. The second-order valence-corrected chi connectivity index (χ2v) is 9.11. The first-order chi connectivity index (χ1) is 13.3. The van der Waals surface area contributed by atoms with Crippen molar-refractivity contribution in [2.45, 2.75) is 50.5 Å². The third-order valence-corrected chi connectivity index (χ3v) is 7.26. The van der Waals surface area contributed by atoms with Crippen LogP contribution < -0.4 is 5.32 Å². The Labute approximate surface area is 165 Å². The standard InChI is InChI=1S/C21H25FN2O3S/c1-15-6-5-8-20(16(15)2)23-21(25)14-18-7-3-4-13-24(18)28(26,27)19-11-9-17(22)10-12-19/h5-6,8-12,18H,3-4,7,13-14H2,1-2H3,(H,23,25)/t18-/m0/s1. The first-order valence-electron chi connectivity index (χ1n) is 9.42. The number of rotatable bonds is 5. The lowest BCUT2D eigenvalue weighted by molar-refractivity contribution is -0.117. The van der Waals surface area contributed by atoms with Crippen molar-refractivity contribution < 1.29 is 17.6 Å². The molecule has 150 valence electrons. The Morgan fingerprint density at radius 1 is 1.14 bits per heavy atom. The van der Waals surface area contributed by atoms with Crippen LogP contribution in [0.5, 0.6) is 0 Å². The highest BCUT2D eigenvalue weighted by Crippen LogP contribution is 2.28. The number of nitrogens with one attached hydrogen (secondary N) is 1. The molecule has 0 spiro atoms. The molecule has 2 aromatic carbocycles. The quantitative estimate of drug-likeness (QED) is 0.819. The molecule has 0 aromatic heterocycles. The van der Waals surface area contributed by atoms with Gasteiger partial charge in [-0.15, -0.1) is 0 Å². The first-order valence-corrected chi connectivity index (χ1v) is 10.9. The second kappa shape index (κ2) is 8.41. The molecule has 1 heterocycles. The molecular formula is C21H25FN2O3S. The van der Waals surface area contributed by atoms with Crippen LogP contribution in [-0.2, 0) is 14.8 Å². The molecule has 0 aliphatic carbocycles. The minimum absolute atomic E-state index is 0.0516. The van der Waals surface area contributed by atoms with Crippen molar-refractivity contribution >= 4 is 21.6 Å². The molecule has 1 atom stereocenters. The maximum Gasteiger partial charge on any atom is 0.243 e. The predicted molar refractivity (Wildman–Crippen MR) is 107 cm³/mol. The summed E-state index contributed by atoms with van der Waals surface area (Å²) in [6.45, 7) is 4.28. The van der Waals surface area contributed by atoms with Gasteiger partial charge in [-0.1, -0.05) is 18.6 Å². The fraction of sp³-hybridized carbons (Fsp3) is 0.381. The molecule has 0 unspecified atom stereocenters. The number of benzene rings is 2. The molecule has 0 saturated carbocycles. The highest BCUT2D eigenvalue weighted by Gasteiger charge is 2.34. The normalized spacial score (nSPS) is 18.0. The van der Waals surface area contributed by atoms with E-state index in [-0.39, 0.29) is 17.2 Å². The number of piperidine rings is 1. The van der Waals surface area contributed by atoms with Crippen molar-refractivity contribution in [2.75, 3.05) is 11.9 Å². The Balaban J connectivity index is 1.77. The van der Waals surface area contributed by atoms with Crippen molar-refractivity contribution in [2.24, 2.45) is 0 Å². The number of carbonyl (C=O) groups excluding carboxylic acids is 1. The highest BCUT2D eigenvalue weighted by atomic mass is 32.2. The van der Waals surface area contributed by atoms with Crippen molar-refractivity contribution in [3.05, 3.63) is 59.4 Å². The molecule has 1 N–H and O–H groups in total. The molecule has 1 fully saturated rings. The number of amides is 1. The molecule has 28 heavy (non-hydrogen) atoms. The number of aryl methyl sites for hydroxylation is 1. The van der Waals surface area contributed by atoms with E-state index in [1.54, 1.807) is 0 Å². The van der Waals surface area contributed by atoms with Crippen LogP contribution in [0, 0.1) is 19.7 Å². The summed E-state index contributed by atoms with van der Waals surface area (Å²) in [4.78, 5) is 12.7. The molecule has 7 heteroatoms. The average Bonchev–Trinajstić information content (AvgIpc) is 2.66. The largest absolute Gasteiger partial charge is 0.326 e. The Hall–Kier alpha value is -2.25. The molecule has 1 aliphatic rings. The number of nitrogens with zero attached hydrogens (tertiary/aromatic N) is 1. The van der Waals surface area contributed by atoms with Crippen LogP contribution >= 0.6 is 0 Å². The fourth-order valence-corrected chi connectivity index (χ4v) is 5.23. The topological polar surface area (TPSA) is 66.5 Å². The maximum atomic E-state index is 13.2. The van der Waals surface area contributed by atoms with Gasteiger partial charge < -0.3 is 5.32 Å². The van der Waals surface area contributed by atoms with E-state index in [2.05, 4.69) is 5.32 Å². The van der Waals surface area contributed by atoms with Gasteiger partial charge in [-0.3, -0.25) is 4.79 Å². The van der Waals surface area contributed by atoms with Crippen LogP contribution in [-0.4, -0.2) is 31.2 Å². The average molecular weight is 405 g/mol. The molecule has 2 aromatic rings. The summed E-state index contributed by atoms with van der Waals surface area (Å²) >= 11 is 0. The van der Waals surface area contributed by atoms with Crippen molar-refractivity contribution in [3.8, 4) is 0 Å². The smallest absolute Gasteiger partial charge is 0.243 e. The summed E-state index contributed by atoms with van der Waals surface area (Å²) in [5.41, 5.74) is 2.82. The maximum absolute atomic E-state index is 13.2. The van der Waals surface area contributed by atoms with E-state index in [1.165, 1.54) is 16.4 Å². The Kier molecular flexibility index (Phi) is 6.15. The molecule has 1 aliphatic heterocycles. The van der Waals surface area contributed by atoms with Crippen molar-refractivity contribution in [1.29, 1.82) is 0 Å². The van der Waals surface area contributed by atoms with Crippen molar-refractivity contribution in [1.82, 2.24) is 4.31 Å². The van der Waals surface area contributed by atoms with Crippen LogP contribution in [0.4, 0.5) is 10.1 Å². The highest BCUT2D eigenvalue weighted by molar-refractivity contribution is 7.89. The SMILES string of the molecule is Cc1cccc(NC(=O)C[C@@H]2CCCCN2S(=O)(=O)c2ccc(F)cc2)c1C. The van der Waals surface area contributed by atoms with Crippen LogP contribution in [0.3, 0.4) is 0 Å². The number of anilines is 1. The Morgan fingerprint density at radius 3 is 2.57 bits per heavy atom. The molecule has 1 amide bonds.